The van der Waals surface area contributed by atoms with E-state index in [1.165, 1.54) is 12.8 Å². The normalized spacial score (nSPS) is 16.5. The minimum absolute atomic E-state index is 0.00878. The molecule has 0 radical (unpaired) electrons. The monoisotopic (exact) mass is 261 g/mol. The molecule has 1 aliphatic heterocycles. The molecule has 1 fully saturated rings. The first-order valence-electron chi connectivity index (χ1n) is 6.85. The summed E-state index contributed by atoms with van der Waals surface area (Å²) < 4.78 is 0. The van der Waals surface area contributed by atoms with Crippen LogP contribution in [0.4, 0.5) is 11.4 Å². The summed E-state index contributed by atoms with van der Waals surface area (Å²) in [6.07, 6.45) is 2.41. The third-order valence-corrected chi connectivity index (χ3v) is 3.80. The molecule has 0 aromatic heterocycles. The van der Waals surface area contributed by atoms with Crippen LogP contribution in [0.5, 0.6) is 0 Å². The van der Waals surface area contributed by atoms with Gasteiger partial charge in [0.25, 0.3) is 5.91 Å². The van der Waals surface area contributed by atoms with Gasteiger partial charge in [0.2, 0.25) is 0 Å². The maximum atomic E-state index is 11.9. The Morgan fingerprint density at radius 1 is 1.32 bits per heavy atom. The van der Waals surface area contributed by atoms with Crippen molar-refractivity contribution < 1.29 is 4.79 Å². The predicted octanol–water partition coefficient (Wildman–Crippen LogP) is 2.21. The van der Waals surface area contributed by atoms with Gasteiger partial charge in [-0.15, -0.1) is 0 Å². The largest absolute Gasteiger partial charge is 0.397 e. The first-order valence-corrected chi connectivity index (χ1v) is 6.85. The fourth-order valence-electron chi connectivity index (χ4n) is 2.48. The van der Waals surface area contributed by atoms with Crippen molar-refractivity contribution in [1.82, 2.24) is 4.90 Å². The third-order valence-electron chi connectivity index (χ3n) is 3.80. The fourth-order valence-corrected chi connectivity index (χ4v) is 2.48. The van der Waals surface area contributed by atoms with Gasteiger partial charge in [0.15, 0.2) is 0 Å². The number of rotatable bonds is 2. The lowest BCUT2D eigenvalue weighted by Gasteiger charge is -2.33. The number of nitrogens with zero attached hydrogens (tertiary/aromatic N) is 2. The Hall–Kier alpha value is -1.71. The fraction of sp³-hybridized carbons (Fsp3) is 0.533. The first-order chi connectivity index (χ1) is 8.99. The Morgan fingerprint density at radius 2 is 1.95 bits per heavy atom. The van der Waals surface area contributed by atoms with Crippen LogP contribution >= 0.6 is 0 Å². The number of hydrogen-bond donors (Lipinski definition) is 1. The number of nitrogens with two attached hydrogens (primary N) is 1. The third kappa shape index (κ3) is 3.00. The molecule has 0 spiro atoms. The summed E-state index contributed by atoms with van der Waals surface area (Å²) in [7, 11) is 3.50. The van der Waals surface area contributed by atoms with E-state index in [4.69, 9.17) is 5.73 Å². The van der Waals surface area contributed by atoms with Gasteiger partial charge in [-0.1, -0.05) is 6.92 Å². The molecule has 19 heavy (non-hydrogen) atoms. The lowest BCUT2D eigenvalue weighted by Crippen LogP contribution is -2.33. The van der Waals surface area contributed by atoms with Crippen LogP contribution in [-0.2, 0) is 0 Å². The molecule has 1 heterocycles. The molecule has 0 unspecified atom stereocenters. The molecule has 1 saturated heterocycles. The highest BCUT2D eigenvalue weighted by atomic mass is 16.2. The first kappa shape index (κ1) is 13.7. The van der Waals surface area contributed by atoms with Gasteiger partial charge < -0.3 is 15.5 Å². The molecule has 0 bridgehead atoms. The summed E-state index contributed by atoms with van der Waals surface area (Å²) >= 11 is 0. The molecule has 4 heteroatoms. The van der Waals surface area contributed by atoms with Crippen molar-refractivity contribution in [3.8, 4) is 0 Å². The number of benzene rings is 1. The quantitative estimate of drug-likeness (QED) is 0.830. The highest BCUT2D eigenvalue weighted by Gasteiger charge is 2.18. The molecule has 1 amide bonds. The number of hydrogen-bond acceptors (Lipinski definition) is 3. The lowest BCUT2D eigenvalue weighted by molar-refractivity contribution is 0.0827. The zero-order chi connectivity index (χ0) is 14.0. The van der Waals surface area contributed by atoms with Gasteiger partial charge in [0, 0.05) is 32.7 Å². The highest BCUT2D eigenvalue weighted by Crippen LogP contribution is 2.28. The average Bonchev–Trinajstić information content (AvgIpc) is 2.39. The van der Waals surface area contributed by atoms with E-state index in [-0.39, 0.29) is 5.91 Å². The van der Waals surface area contributed by atoms with E-state index in [0.717, 1.165) is 24.7 Å². The zero-order valence-electron chi connectivity index (χ0n) is 12.0. The summed E-state index contributed by atoms with van der Waals surface area (Å²) in [6, 6.07) is 5.63. The van der Waals surface area contributed by atoms with Crippen molar-refractivity contribution in [3.63, 3.8) is 0 Å². The minimum atomic E-state index is -0.00878. The molecular formula is C15H23N3O. The predicted molar refractivity (Wildman–Crippen MR) is 79.5 cm³/mol. The van der Waals surface area contributed by atoms with E-state index in [9.17, 15) is 4.79 Å². The molecule has 2 N–H and O–H groups in total. The standard InChI is InChI=1S/C15H23N3O/c1-11-6-8-18(9-7-11)14-5-4-12(10-13(14)16)15(19)17(2)3/h4-5,10-11H,6-9,16H2,1-3H3. The summed E-state index contributed by atoms with van der Waals surface area (Å²) in [5.74, 6) is 0.789. The Morgan fingerprint density at radius 3 is 2.47 bits per heavy atom. The van der Waals surface area contributed by atoms with Crippen LogP contribution in [0.15, 0.2) is 18.2 Å². The highest BCUT2D eigenvalue weighted by molar-refractivity contribution is 5.95. The van der Waals surface area contributed by atoms with Crippen LogP contribution < -0.4 is 10.6 Å². The van der Waals surface area contributed by atoms with Crippen molar-refractivity contribution in [2.24, 2.45) is 5.92 Å². The molecule has 4 nitrogen and oxygen atoms in total. The number of piperidine rings is 1. The van der Waals surface area contributed by atoms with E-state index in [2.05, 4.69) is 11.8 Å². The van der Waals surface area contributed by atoms with Gasteiger partial charge in [-0.2, -0.15) is 0 Å². The zero-order valence-corrected chi connectivity index (χ0v) is 12.0. The van der Waals surface area contributed by atoms with Crippen molar-refractivity contribution in [1.29, 1.82) is 0 Å². The van der Waals surface area contributed by atoms with Crippen LogP contribution in [0.25, 0.3) is 0 Å². The molecule has 1 aromatic rings. The Balaban J connectivity index is 2.18. The van der Waals surface area contributed by atoms with Gasteiger partial charge in [-0.05, 0) is 37.0 Å². The molecule has 2 rings (SSSR count). The number of nitrogen functional groups attached to an aromatic ring is 1. The summed E-state index contributed by atoms with van der Waals surface area (Å²) in [5, 5.41) is 0. The molecule has 1 aromatic carbocycles. The molecule has 104 valence electrons. The second-order valence-electron chi connectivity index (χ2n) is 5.64. The van der Waals surface area contributed by atoms with Crippen LogP contribution in [0.1, 0.15) is 30.1 Å². The second kappa shape index (κ2) is 5.51. The molecular weight excluding hydrogens is 238 g/mol. The summed E-state index contributed by atoms with van der Waals surface area (Å²) in [5.41, 5.74) is 8.52. The molecule has 0 saturated carbocycles. The molecule has 0 atom stereocenters. The Kier molecular flexibility index (Phi) is 3.98. The van der Waals surface area contributed by atoms with Crippen LogP contribution in [0.2, 0.25) is 0 Å². The summed E-state index contributed by atoms with van der Waals surface area (Å²) in [6.45, 7) is 4.39. The van der Waals surface area contributed by atoms with E-state index in [1.54, 1.807) is 25.1 Å². The average molecular weight is 261 g/mol. The number of carbonyl (C=O) groups is 1. The van der Waals surface area contributed by atoms with E-state index < -0.39 is 0 Å². The SMILES string of the molecule is CC1CCN(c2ccc(C(=O)N(C)C)cc2N)CC1. The Labute approximate surface area is 115 Å². The topological polar surface area (TPSA) is 49.6 Å². The van der Waals surface area contributed by atoms with Gasteiger partial charge in [0.1, 0.15) is 0 Å². The molecule has 1 aliphatic rings. The van der Waals surface area contributed by atoms with Gasteiger partial charge in [-0.25, -0.2) is 0 Å². The maximum absolute atomic E-state index is 11.9. The van der Waals surface area contributed by atoms with E-state index in [1.807, 2.05) is 12.1 Å². The van der Waals surface area contributed by atoms with Gasteiger partial charge in [0.05, 0.1) is 11.4 Å². The second-order valence-corrected chi connectivity index (χ2v) is 5.64. The maximum Gasteiger partial charge on any atom is 0.253 e. The van der Waals surface area contributed by atoms with Crippen LogP contribution in [-0.4, -0.2) is 38.0 Å². The smallest absolute Gasteiger partial charge is 0.253 e. The van der Waals surface area contributed by atoms with Crippen molar-refractivity contribution in [2.45, 2.75) is 19.8 Å². The number of amides is 1. The minimum Gasteiger partial charge on any atom is -0.397 e. The summed E-state index contributed by atoms with van der Waals surface area (Å²) in [4.78, 5) is 15.8. The van der Waals surface area contributed by atoms with Crippen molar-refractivity contribution in [3.05, 3.63) is 23.8 Å². The van der Waals surface area contributed by atoms with Crippen LogP contribution in [0, 0.1) is 5.92 Å². The van der Waals surface area contributed by atoms with Crippen molar-refractivity contribution in [2.75, 3.05) is 37.8 Å². The van der Waals surface area contributed by atoms with Gasteiger partial charge >= 0.3 is 0 Å². The lowest BCUT2D eigenvalue weighted by atomic mass is 9.98. The van der Waals surface area contributed by atoms with E-state index >= 15 is 0 Å². The van der Waals surface area contributed by atoms with Crippen molar-refractivity contribution >= 4 is 17.3 Å². The number of anilines is 2. The Bertz CT molecular complexity index is 462. The van der Waals surface area contributed by atoms with E-state index in [0.29, 0.717) is 11.3 Å². The molecule has 0 aliphatic carbocycles. The van der Waals surface area contributed by atoms with Gasteiger partial charge in [-0.3, -0.25) is 4.79 Å². The van der Waals surface area contributed by atoms with Crippen LogP contribution in [0.3, 0.4) is 0 Å². The number of carbonyl (C=O) groups excluding carboxylic acids is 1.